The van der Waals surface area contributed by atoms with E-state index in [0.29, 0.717) is 0 Å². The van der Waals surface area contributed by atoms with Crippen molar-refractivity contribution in [3.05, 3.63) is 0 Å². The molecule has 0 rings (SSSR count). The van der Waals surface area contributed by atoms with Crippen molar-refractivity contribution in [3.63, 3.8) is 0 Å². The Bertz CT molecular complexity index is 59.5. The minimum atomic E-state index is -0.393. The van der Waals surface area contributed by atoms with Crippen LogP contribution in [0.5, 0.6) is 0 Å². The number of aliphatic hydroxyl groups is 1. The van der Waals surface area contributed by atoms with Crippen LogP contribution < -0.4 is 0 Å². The lowest BCUT2D eigenvalue weighted by atomic mass is 10.5. The van der Waals surface area contributed by atoms with E-state index in [1.54, 1.807) is 0 Å². The Morgan fingerprint density at radius 1 is 1.25 bits per heavy atom. The number of halogens is 4. The summed E-state index contributed by atoms with van der Waals surface area (Å²) in [5.74, 6) is 0. The second-order valence-electron chi connectivity index (χ2n) is 1.16. The highest BCUT2D eigenvalue weighted by Crippen LogP contribution is 2.24. The Morgan fingerprint density at radius 2 is 1.62 bits per heavy atom. The maximum absolute atomic E-state index is 9.06. The van der Waals surface area contributed by atoms with Crippen molar-refractivity contribution in [3.8, 4) is 0 Å². The van der Waals surface area contributed by atoms with Crippen molar-refractivity contribution in [2.45, 2.75) is 12.7 Å². The molecule has 0 saturated carbocycles. The molecule has 1 nitrogen and oxygen atoms in total. The van der Waals surface area contributed by atoms with E-state index < -0.39 is 6.10 Å². The van der Waals surface area contributed by atoms with Gasteiger partial charge in [-0.25, -0.2) is 0 Å². The first-order valence-corrected chi connectivity index (χ1v) is 5.79. The van der Waals surface area contributed by atoms with Gasteiger partial charge in [0.1, 0.15) is 0 Å². The van der Waals surface area contributed by atoms with Crippen molar-refractivity contribution >= 4 is 70.4 Å². The Balaban J connectivity index is 3.46. The third kappa shape index (κ3) is 4.03. The largest absolute Gasteiger partial charge is 0.389 e. The summed E-state index contributed by atoms with van der Waals surface area (Å²) in [6.07, 6.45) is -0.393. The first-order chi connectivity index (χ1) is 3.55. The van der Waals surface area contributed by atoms with Crippen molar-refractivity contribution in [1.82, 2.24) is 0 Å². The van der Waals surface area contributed by atoms with E-state index in [-0.39, 0.29) is 6.57 Å². The number of aliphatic hydroxyl groups excluding tert-OH is 1. The average molecular weight is 423 g/mol. The van der Waals surface area contributed by atoms with Gasteiger partial charge in [0, 0.05) is 0 Å². The topological polar surface area (TPSA) is 20.2 Å². The molecule has 0 aliphatic carbocycles. The van der Waals surface area contributed by atoms with Crippen LogP contribution in [0, 0.1) is 0 Å². The molecule has 50 valence electrons. The molecule has 5 heteroatoms. The van der Waals surface area contributed by atoms with E-state index in [4.69, 9.17) is 5.11 Å². The fourth-order valence-electron chi connectivity index (χ4n) is 0.110. The number of hydrogen-bond acceptors (Lipinski definition) is 1. The maximum atomic E-state index is 9.06. The van der Waals surface area contributed by atoms with Gasteiger partial charge in [-0.05, 0) is 0 Å². The zero-order valence-corrected chi connectivity index (χ0v) is 10.6. The molecule has 0 bridgehead atoms. The molecule has 0 saturated heterocycles. The summed E-state index contributed by atoms with van der Waals surface area (Å²) in [5, 5.41) is 9.06. The fraction of sp³-hybridized carbons (Fsp3) is 1.00. The van der Waals surface area contributed by atoms with Crippen molar-refractivity contribution in [2.75, 3.05) is 0 Å². The molecule has 0 amide bonds. The summed E-state index contributed by atoms with van der Waals surface area (Å²) in [7, 11) is 0. The van der Waals surface area contributed by atoms with Gasteiger partial charge in [0.25, 0.3) is 0 Å². The summed E-state index contributed by atoms with van der Waals surface area (Å²) < 4.78 is 0.0557. The molecule has 0 aliphatic rings. The zero-order valence-electron chi connectivity index (χ0n) is 3.69. The smallest absolute Gasteiger partial charge is 0.0978 e. The highest BCUT2D eigenvalue weighted by molar-refractivity contribution is 14.1. The van der Waals surface area contributed by atoms with Gasteiger partial charge in [-0.1, -0.05) is 70.4 Å². The van der Waals surface area contributed by atoms with E-state index in [0.717, 1.165) is 0 Å². The molecule has 0 spiro atoms. The Labute approximate surface area is 87.1 Å². The third-order valence-electron chi connectivity index (χ3n) is 0.516. The van der Waals surface area contributed by atoms with Crippen LogP contribution in [0.2, 0.25) is 0 Å². The van der Waals surface area contributed by atoms with Crippen LogP contribution in [0.25, 0.3) is 0 Å². The minimum Gasteiger partial charge on any atom is -0.389 e. The lowest BCUT2D eigenvalue weighted by molar-refractivity contribution is 0.217. The molecular formula is C3H4Br3IO. The van der Waals surface area contributed by atoms with Crippen molar-refractivity contribution in [2.24, 2.45) is 0 Å². The lowest BCUT2D eigenvalue weighted by Crippen LogP contribution is -2.21. The lowest BCUT2D eigenvalue weighted by Gasteiger charge is -2.11. The first kappa shape index (κ1) is 10.1. The van der Waals surface area contributed by atoms with Crippen LogP contribution in [0.1, 0.15) is 0 Å². The minimum absolute atomic E-state index is 0.0312. The number of hydrogen-bond donors (Lipinski definition) is 1. The molecule has 0 aromatic carbocycles. The van der Waals surface area contributed by atoms with Crippen LogP contribution in [0.4, 0.5) is 0 Å². The predicted molar refractivity (Wildman–Crippen MR) is 54.4 cm³/mol. The maximum Gasteiger partial charge on any atom is 0.0978 e. The highest BCUT2D eigenvalue weighted by Gasteiger charge is 2.18. The monoisotopic (exact) mass is 420 g/mol. The van der Waals surface area contributed by atoms with Gasteiger partial charge >= 0.3 is 0 Å². The molecule has 8 heavy (non-hydrogen) atoms. The van der Waals surface area contributed by atoms with Gasteiger partial charge < -0.3 is 5.11 Å². The van der Waals surface area contributed by atoms with Crippen LogP contribution in [-0.4, -0.2) is 17.8 Å². The molecule has 0 aromatic rings. The van der Waals surface area contributed by atoms with E-state index in [2.05, 4.69) is 70.4 Å². The normalized spacial score (nSPS) is 18.8. The van der Waals surface area contributed by atoms with Gasteiger partial charge in [-0.3, -0.25) is 0 Å². The molecule has 2 unspecified atom stereocenters. The van der Waals surface area contributed by atoms with Gasteiger partial charge in [0.2, 0.25) is 0 Å². The molecule has 0 heterocycles. The molecule has 1 N–H and O–H groups in total. The average Bonchev–Trinajstić information content (AvgIpc) is 1.64. The Kier molecular flexibility index (Phi) is 6.17. The summed E-state index contributed by atoms with van der Waals surface area (Å²) in [6, 6.07) is 0. The van der Waals surface area contributed by atoms with Gasteiger partial charge in [0.15, 0.2) is 0 Å². The molecule has 0 fully saturated rings. The zero-order chi connectivity index (χ0) is 6.73. The Morgan fingerprint density at radius 3 is 1.62 bits per heavy atom. The second-order valence-corrected chi connectivity index (χ2v) is 8.40. The van der Waals surface area contributed by atoms with E-state index >= 15 is 0 Å². The van der Waals surface area contributed by atoms with E-state index in [1.165, 1.54) is 0 Å². The molecule has 2 atom stereocenters. The fourth-order valence-corrected chi connectivity index (χ4v) is 3.40. The number of alkyl halides is 4. The molecular weight excluding hydrogens is 419 g/mol. The number of rotatable bonds is 2. The van der Waals surface area contributed by atoms with Crippen LogP contribution in [0.15, 0.2) is 0 Å². The summed E-state index contributed by atoms with van der Waals surface area (Å²) >= 11 is 11.7. The van der Waals surface area contributed by atoms with E-state index in [9.17, 15) is 0 Å². The van der Waals surface area contributed by atoms with Gasteiger partial charge in [-0.2, -0.15) is 0 Å². The van der Waals surface area contributed by atoms with Crippen LogP contribution in [0.3, 0.4) is 0 Å². The standard InChI is InChI=1S/C3H4Br3IO/c4-2(5)1(8)3(6)7/h1-3,8H. The van der Waals surface area contributed by atoms with Gasteiger partial charge in [0.05, 0.1) is 12.7 Å². The highest BCUT2D eigenvalue weighted by atomic mass is 127. The van der Waals surface area contributed by atoms with Crippen molar-refractivity contribution in [1.29, 1.82) is 0 Å². The Hall–Kier alpha value is 2.13. The predicted octanol–water partition coefficient (Wildman–Crippen LogP) is 2.62. The van der Waals surface area contributed by atoms with Crippen LogP contribution >= 0.6 is 70.4 Å². The molecule has 0 radical (unpaired) electrons. The summed E-state index contributed by atoms with van der Waals surface area (Å²) in [4.78, 5) is 0. The summed E-state index contributed by atoms with van der Waals surface area (Å²) in [6.45, 7) is 0. The third-order valence-corrected chi connectivity index (χ3v) is 2.88. The van der Waals surface area contributed by atoms with Crippen LogP contribution in [-0.2, 0) is 0 Å². The quantitative estimate of drug-likeness (QED) is 0.536. The molecule has 0 aliphatic heterocycles. The van der Waals surface area contributed by atoms with E-state index in [1.807, 2.05) is 0 Å². The summed E-state index contributed by atoms with van der Waals surface area (Å²) in [5.41, 5.74) is 0. The van der Waals surface area contributed by atoms with Gasteiger partial charge in [-0.15, -0.1) is 0 Å². The first-order valence-electron chi connectivity index (χ1n) is 1.80. The second kappa shape index (κ2) is 4.87. The van der Waals surface area contributed by atoms with Crippen molar-refractivity contribution < 1.29 is 5.11 Å². The SMILES string of the molecule is OC(C(Br)Br)C(Br)I. The molecule has 0 aromatic heterocycles.